The summed E-state index contributed by atoms with van der Waals surface area (Å²) in [5.74, 6) is -0.0121. The standard InChI is InChI=1S/C25H29ClN4O4/c26-23-16-21(30(33)34)6-7-22(23)25(32)29-14-10-20(11-15-29)28-12-8-19(9-13-28)24(31)27-17-18-4-2-1-3-5-18/h1-7,16,19-20H,8-15,17H2,(H,27,31). The normalized spacial score (nSPS) is 18.0. The lowest BCUT2D eigenvalue weighted by Gasteiger charge is -2.41. The highest BCUT2D eigenvalue weighted by Gasteiger charge is 2.32. The fourth-order valence-corrected chi connectivity index (χ4v) is 5.11. The second-order valence-electron chi connectivity index (χ2n) is 8.96. The quantitative estimate of drug-likeness (QED) is 0.496. The number of amides is 2. The zero-order chi connectivity index (χ0) is 24.1. The Balaban J connectivity index is 1.22. The third kappa shape index (κ3) is 5.74. The molecule has 0 radical (unpaired) electrons. The summed E-state index contributed by atoms with van der Waals surface area (Å²) in [5.41, 5.74) is 1.27. The lowest BCUT2D eigenvalue weighted by molar-refractivity contribution is -0.384. The van der Waals surface area contributed by atoms with E-state index in [0.717, 1.165) is 44.3 Å². The van der Waals surface area contributed by atoms with E-state index in [-0.39, 0.29) is 28.4 Å². The highest BCUT2D eigenvalue weighted by Crippen LogP contribution is 2.27. The summed E-state index contributed by atoms with van der Waals surface area (Å²) in [4.78, 5) is 40.0. The number of nitrogens with one attached hydrogen (secondary N) is 1. The van der Waals surface area contributed by atoms with Gasteiger partial charge in [-0.25, -0.2) is 0 Å². The fraction of sp³-hybridized carbons (Fsp3) is 0.440. The van der Waals surface area contributed by atoms with Crippen molar-refractivity contribution in [3.8, 4) is 0 Å². The zero-order valence-electron chi connectivity index (χ0n) is 19.0. The molecule has 0 spiro atoms. The van der Waals surface area contributed by atoms with E-state index in [4.69, 9.17) is 11.6 Å². The number of nitro benzene ring substituents is 1. The predicted octanol–water partition coefficient (Wildman–Crippen LogP) is 3.88. The summed E-state index contributed by atoms with van der Waals surface area (Å²) in [6, 6.07) is 14.3. The van der Waals surface area contributed by atoms with Crippen molar-refractivity contribution in [2.45, 2.75) is 38.3 Å². The molecule has 2 amide bonds. The molecule has 0 bridgehead atoms. The summed E-state index contributed by atoms with van der Waals surface area (Å²) < 4.78 is 0. The van der Waals surface area contributed by atoms with Crippen LogP contribution in [0.5, 0.6) is 0 Å². The molecule has 34 heavy (non-hydrogen) atoms. The van der Waals surface area contributed by atoms with Crippen LogP contribution in [0.15, 0.2) is 48.5 Å². The molecule has 0 unspecified atom stereocenters. The van der Waals surface area contributed by atoms with Gasteiger partial charge < -0.3 is 15.1 Å². The molecule has 2 heterocycles. The molecular weight excluding hydrogens is 456 g/mol. The Morgan fingerprint density at radius 3 is 2.29 bits per heavy atom. The average Bonchev–Trinajstić information content (AvgIpc) is 2.87. The Labute approximate surface area is 204 Å². The highest BCUT2D eigenvalue weighted by molar-refractivity contribution is 6.34. The largest absolute Gasteiger partial charge is 0.352 e. The molecule has 0 saturated carbocycles. The van der Waals surface area contributed by atoms with Crippen molar-refractivity contribution in [2.24, 2.45) is 5.92 Å². The van der Waals surface area contributed by atoms with Gasteiger partial charge >= 0.3 is 0 Å². The van der Waals surface area contributed by atoms with E-state index >= 15 is 0 Å². The summed E-state index contributed by atoms with van der Waals surface area (Å²) >= 11 is 6.14. The number of carbonyl (C=O) groups is 2. The van der Waals surface area contributed by atoms with Gasteiger partial charge in [-0.15, -0.1) is 0 Å². The third-order valence-corrected chi connectivity index (χ3v) is 7.18. The SMILES string of the molecule is O=C(NCc1ccccc1)C1CCN(C2CCN(C(=O)c3ccc([N+](=O)[O-])cc3Cl)CC2)CC1. The second kappa shape index (κ2) is 11.0. The van der Waals surface area contributed by atoms with E-state index in [1.54, 1.807) is 4.90 Å². The Bertz CT molecular complexity index is 1030. The molecule has 8 nitrogen and oxygen atoms in total. The monoisotopic (exact) mass is 484 g/mol. The minimum Gasteiger partial charge on any atom is -0.352 e. The third-order valence-electron chi connectivity index (χ3n) is 6.87. The summed E-state index contributed by atoms with van der Waals surface area (Å²) in [7, 11) is 0. The van der Waals surface area contributed by atoms with E-state index in [9.17, 15) is 19.7 Å². The van der Waals surface area contributed by atoms with Crippen LogP contribution in [0.25, 0.3) is 0 Å². The number of non-ortho nitro benzene ring substituents is 1. The van der Waals surface area contributed by atoms with Gasteiger partial charge in [-0.05, 0) is 50.4 Å². The number of rotatable bonds is 6. The first-order valence-corrected chi connectivity index (χ1v) is 12.1. The first-order chi connectivity index (χ1) is 16.4. The number of halogens is 1. The van der Waals surface area contributed by atoms with Gasteiger partial charge in [0.2, 0.25) is 5.91 Å². The molecule has 2 aromatic carbocycles. The molecule has 4 rings (SSSR count). The van der Waals surface area contributed by atoms with Gasteiger partial charge in [-0.2, -0.15) is 0 Å². The molecular formula is C25H29ClN4O4. The number of piperidine rings is 2. The predicted molar refractivity (Wildman–Crippen MR) is 130 cm³/mol. The van der Waals surface area contributed by atoms with Crippen LogP contribution in [-0.2, 0) is 11.3 Å². The molecule has 0 atom stereocenters. The highest BCUT2D eigenvalue weighted by atomic mass is 35.5. The van der Waals surface area contributed by atoms with Gasteiger partial charge in [0.25, 0.3) is 11.6 Å². The van der Waals surface area contributed by atoms with Crippen LogP contribution in [0.1, 0.15) is 41.6 Å². The lowest BCUT2D eigenvalue weighted by atomic mass is 9.92. The maximum atomic E-state index is 12.9. The number of nitrogens with zero attached hydrogens (tertiary/aromatic N) is 3. The molecule has 0 aliphatic carbocycles. The molecule has 2 aliphatic heterocycles. The van der Waals surface area contributed by atoms with Crippen LogP contribution < -0.4 is 5.32 Å². The Kier molecular flexibility index (Phi) is 7.80. The Morgan fingerprint density at radius 1 is 1.00 bits per heavy atom. The van der Waals surface area contributed by atoms with Crippen LogP contribution in [0.2, 0.25) is 5.02 Å². The molecule has 9 heteroatoms. The molecule has 2 aromatic rings. The number of likely N-dealkylation sites (tertiary alicyclic amines) is 2. The van der Waals surface area contributed by atoms with Gasteiger partial charge in [-0.1, -0.05) is 41.9 Å². The number of hydrogen-bond acceptors (Lipinski definition) is 5. The van der Waals surface area contributed by atoms with Crippen LogP contribution in [0, 0.1) is 16.0 Å². The van der Waals surface area contributed by atoms with Crippen molar-refractivity contribution in [1.82, 2.24) is 15.1 Å². The first kappa shape index (κ1) is 24.2. The number of nitro groups is 1. The second-order valence-corrected chi connectivity index (χ2v) is 9.37. The average molecular weight is 485 g/mol. The molecule has 180 valence electrons. The topological polar surface area (TPSA) is 95.8 Å². The maximum absolute atomic E-state index is 12.9. The Hall–Kier alpha value is -2.97. The molecule has 2 aliphatic rings. The van der Waals surface area contributed by atoms with Crippen molar-refractivity contribution in [3.63, 3.8) is 0 Å². The summed E-state index contributed by atoms with van der Waals surface area (Å²) in [6.45, 7) is 3.57. The minimum absolute atomic E-state index is 0.0471. The molecule has 0 aromatic heterocycles. The molecule has 2 saturated heterocycles. The van der Waals surface area contributed by atoms with Crippen molar-refractivity contribution in [1.29, 1.82) is 0 Å². The maximum Gasteiger partial charge on any atom is 0.270 e. The van der Waals surface area contributed by atoms with Gasteiger partial charge in [-0.3, -0.25) is 19.7 Å². The van der Waals surface area contributed by atoms with E-state index < -0.39 is 4.92 Å². The summed E-state index contributed by atoms with van der Waals surface area (Å²) in [6.07, 6.45) is 3.42. The zero-order valence-corrected chi connectivity index (χ0v) is 19.7. The number of benzene rings is 2. The van der Waals surface area contributed by atoms with E-state index in [0.29, 0.717) is 31.2 Å². The number of carbonyl (C=O) groups excluding carboxylic acids is 2. The van der Waals surface area contributed by atoms with Crippen LogP contribution in [0.3, 0.4) is 0 Å². The van der Waals surface area contributed by atoms with Gasteiger partial charge in [0, 0.05) is 43.7 Å². The van der Waals surface area contributed by atoms with Gasteiger partial charge in [0.1, 0.15) is 0 Å². The van der Waals surface area contributed by atoms with Crippen molar-refractivity contribution in [3.05, 3.63) is 74.8 Å². The van der Waals surface area contributed by atoms with Crippen molar-refractivity contribution < 1.29 is 14.5 Å². The van der Waals surface area contributed by atoms with Crippen LogP contribution in [0.4, 0.5) is 5.69 Å². The molecule has 2 fully saturated rings. The number of hydrogen-bond donors (Lipinski definition) is 1. The molecule has 1 N–H and O–H groups in total. The minimum atomic E-state index is -0.526. The fourth-order valence-electron chi connectivity index (χ4n) is 4.85. The van der Waals surface area contributed by atoms with E-state index in [2.05, 4.69) is 10.2 Å². The van der Waals surface area contributed by atoms with Gasteiger partial charge in [0.15, 0.2) is 0 Å². The smallest absolute Gasteiger partial charge is 0.270 e. The van der Waals surface area contributed by atoms with Gasteiger partial charge in [0.05, 0.1) is 15.5 Å². The van der Waals surface area contributed by atoms with Crippen molar-refractivity contribution in [2.75, 3.05) is 26.2 Å². The Morgan fingerprint density at radius 2 is 1.68 bits per heavy atom. The van der Waals surface area contributed by atoms with E-state index in [1.165, 1.54) is 18.2 Å². The van der Waals surface area contributed by atoms with E-state index in [1.807, 2.05) is 30.3 Å². The van der Waals surface area contributed by atoms with Crippen molar-refractivity contribution >= 4 is 29.1 Å². The van der Waals surface area contributed by atoms with Crippen LogP contribution >= 0.6 is 11.6 Å². The van der Waals surface area contributed by atoms with Crippen LogP contribution in [-0.4, -0.2) is 58.8 Å². The lowest BCUT2D eigenvalue weighted by Crippen LogP contribution is -2.50. The first-order valence-electron chi connectivity index (χ1n) is 11.7. The summed E-state index contributed by atoms with van der Waals surface area (Å²) in [5, 5.41) is 14.1.